The summed E-state index contributed by atoms with van der Waals surface area (Å²) < 4.78 is 32.1. The van der Waals surface area contributed by atoms with Crippen LogP contribution in [0.25, 0.3) is 21.9 Å². The summed E-state index contributed by atoms with van der Waals surface area (Å²) >= 11 is 6.28. The third kappa shape index (κ3) is 4.20. The van der Waals surface area contributed by atoms with E-state index in [1.165, 1.54) is 7.11 Å². The second kappa shape index (κ2) is 8.61. The van der Waals surface area contributed by atoms with Crippen LogP contribution in [0, 0.1) is 6.92 Å². The number of fused-ring (bicyclic) bond motifs is 1. The number of esters is 1. The summed E-state index contributed by atoms with van der Waals surface area (Å²) in [6, 6.07) is 14.6. The van der Waals surface area contributed by atoms with Crippen LogP contribution in [0.2, 0.25) is 5.02 Å². The van der Waals surface area contributed by atoms with Gasteiger partial charge in [0.25, 0.3) is 0 Å². The van der Waals surface area contributed by atoms with Gasteiger partial charge in [0.15, 0.2) is 0 Å². The molecule has 3 aromatic rings. The van der Waals surface area contributed by atoms with Gasteiger partial charge in [-0.25, -0.2) is 8.42 Å². The number of ether oxygens (including phenoxy) is 1. The number of nitrogens with zero attached hydrogens (tertiary/aromatic N) is 1. The normalized spacial score (nSPS) is 14.8. The summed E-state index contributed by atoms with van der Waals surface area (Å²) in [6.07, 6.45) is 1.96. The highest BCUT2D eigenvalue weighted by Crippen LogP contribution is 2.36. The van der Waals surface area contributed by atoms with E-state index in [1.807, 2.05) is 43.3 Å². The Hall–Kier alpha value is -2.41. The van der Waals surface area contributed by atoms with Crippen molar-refractivity contribution in [1.82, 2.24) is 4.31 Å². The van der Waals surface area contributed by atoms with Gasteiger partial charge >= 0.3 is 5.97 Å². The standard InChI is InChI=1S/C24H24ClNO4S/c1-16-19(14-23(27)30-2)13-18-5-8-20(25)15-22(18)24(16)17-6-9-21(10-7-17)31(28,29)26-11-3-4-12-26/h5-10,13,15H,3-4,11-12,14H2,1-2H3. The number of halogens is 1. The van der Waals surface area contributed by atoms with Crippen molar-refractivity contribution >= 4 is 38.4 Å². The van der Waals surface area contributed by atoms with Crippen molar-refractivity contribution in [3.63, 3.8) is 0 Å². The summed E-state index contributed by atoms with van der Waals surface area (Å²) in [4.78, 5) is 12.2. The van der Waals surface area contributed by atoms with Crippen LogP contribution in [-0.2, 0) is 26.0 Å². The fourth-order valence-corrected chi connectivity index (χ4v) is 5.87. The van der Waals surface area contributed by atoms with Crippen molar-refractivity contribution in [2.75, 3.05) is 20.2 Å². The van der Waals surface area contributed by atoms with Crippen molar-refractivity contribution in [3.8, 4) is 11.1 Å². The molecule has 0 saturated carbocycles. The average molecular weight is 458 g/mol. The van der Waals surface area contributed by atoms with E-state index in [4.69, 9.17) is 16.3 Å². The molecule has 0 radical (unpaired) electrons. The third-order valence-corrected chi connectivity index (χ3v) is 8.03. The van der Waals surface area contributed by atoms with Gasteiger partial charge in [0, 0.05) is 18.1 Å². The van der Waals surface area contributed by atoms with Crippen LogP contribution in [0.4, 0.5) is 0 Å². The van der Waals surface area contributed by atoms with Gasteiger partial charge in [0.2, 0.25) is 10.0 Å². The predicted octanol–water partition coefficient (Wildman–Crippen LogP) is 4.97. The molecule has 4 rings (SSSR count). The number of rotatable bonds is 5. The zero-order valence-electron chi connectivity index (χ0n) is 17.5. The lowest BCUT2D eigenvalue weighted by Crippen LogP contribution is -2.27. The molecule has 1 aliphatic heterocycles. The fraction of sp³-hybridized carbons (Fsp3) is 0.292. The molecule has 162 valence electrons. The molecule has 0 aliphatic carbocycles. The first-order chi connectivity index (χ1) is 14.8. The van der Waals surface area contributed by atoms with Crippen LogP contribution in [-0.4, -0.2) is 38.9 Å². The lowest BCUT2D eigenvalue weighted by Gasteiger charge is -2.18. The quantitative estimate of drug-likeness (QED) is 0.507. The van der Waals surface area contributed by atoms with Gasteiger partial charge in [-0.2, -0.15) is 4.31 Å². The van der Waals surface area contributed by atoms with Gasteiger partial charge in [-0.15, -0.1) is 0 Å². The van der Waals surface area contributed by atoms with E-state index >= 15 is 0 Å². The van der Waals surface area contributed by atoms with E-state index in [0.29, 0.717) is 23.0 Å². The minimum atomic E-state index is -3.47. The molecule has 3 aromatic carbocycles. The lowest BCUT2D eigenvalue weighted by molar-refractivity contribution is -0.139. The summed E-state index contributed by atoms with van der Waals surface area (Å²) in [5, 5.41) is 2.52. The molecule has 1 saturated heterocycles. The second-order valence-electron chi connectivity index (χ2n) is 7.79. The minimum Gasteiger partial charge on any atom is -0.469 e. The Kier molecular flexibility index (Phi) is 6.06. The number of carbonyl (C=O) groups excluding carboxylic acids is 1. The van der Waals surface area contributed by atoms with Crippen molar-refractivity contribution in [2.24, 2.45) is 0 Å². The molecule has 1 aliphatic rings. The molecule has 31 heavy (non-hydrogen) atoms. The first kappa shape index (κ1) is 21.8. The van der Waals surface area contributed by atoms with Gasteiger partial charge in [-0.3, -0.25) is 4.79 Å². The Morgan fingerprint density at radius 1 is 1.06 bits per heavy atom. The highest BCUT2D eigenvalue weighted by atomic mass is 35.5. The zero-order valence-corrected chi connectivity index (χ0v) is 19.1. The van der Waals surface area contributed by atoms with Crippen LogP contribution in [0.5, 0.6) is 0 Å². The number of benzene rings is 3. The van der Waals surface area contributed by atoms with Crippen LogP contribution < -0.4 is 0 Å². The second-order valence-corrected chi connectivity index (χ2v) is 10.2. The number of carbonyl (C=O) groups is 1. The summed E-state index contributed by atoms with van der Waals surface area (Å²) in [5.74, 6) is -0.311. The maximum absolute atomic E-state index is 12.9. The zero-order chi connectivity index (χ0) is 22.2. The summed E-state index contributed by atoms with van der Waals surface area (Å²) in [7, 11) is -2.10. The Balaban J connectivity index is 1.83. The molecule has 0 unspecified atom stereocenters. The van der Waals surface area contributed by atoms with Crippen LogP contribution in [0.1, 0.15) is 24.0 Å². The number of sulfonamides is 1. The summed E-state index contributed by atoms with van der Waals surface area (Å²) in [5.41, 5.74) is 3.61. The van der Waals surface area contributed by atoms with Crippen molar-refractivity contribution in [3.05, 3.63) is 64.7 Å². The highest BCUT2D eigenvalue weighted by molar-refractivity contribution is 7.89. The van der Waals surface area contributed by atoms with Crippen molar-refractivity contribution < 1.29 is 17.9 Å². The van der Waals surface area contributed by atoms with E-state index < -0.39 is 10.0 Å². The maximum atomic E-state index is 12.9. The molecule has 0 atom stereocenters. The topological polar surface area (TPSA) is 63.7 Å². The molecular weight excluding hydrogens is 434 g/mol. The molecule has 1 heterocycles. The van der Waals surface area contributed by atoms with Crippen LogP contribution >= 0.6 is 11.6 Å². The van der Waals surface area contributed by atoms with E-state index in [-0.39, 0.29) is 12.4 Å². The van der Waals surface area contributed by atoms with Gasteiger partial charge in [0.05, 0.1) is 18.4 Å². The predicted molar refractivity (Wildman–Crippen MR) is 123 cm³/mol. The minimum absolute atomic E-state index is 0.162. The largest absolute Gasteiger partial charge is 0.469 e. The van der Waals surface area contributed by atoms with E-state index in [9.17, 15) is 13.2 Å². The van der Waals surface area contributed by atoms with Crippen molar-refractivity contribution in [1.29, 1.82) is 0 Å². The Labute approximate surface area is 187 Å². The number of methoxy groups -OCH3 is 1. The van der Waals surface area contributed by atoms with Crippen LogP contribution in [0.3, 0.4) is 0 Å². The number of hydrogen-bond acceptors (Lipinski definition) is 4. The molecular formula is C24H24ClNO4S. The lowest BCUT2D eigenvalue weighted by atomic mass is 9.89. The van der Waals surface area contributed by atoms with Gasteiger partial charge in [0.1, 0.15) is 0 Å². The van der Waals surface area contributed by atoms with Gasteiger partial charge in [-0.05, 0) is 77.1 Å². The maximum Gasteiger partial charge on any atom is 0.309 e. The SMILES string of the molecule is COC(=O)Cc1cc2ccc(Cl)cc2c(-c2ccc(S(=O)(=O)N3CCCC3)cc2)c1C. The monoisotopic (exact) mass is 457 g/mol. The first-order valence-electron chi connectivity index (χ1n) is 10.2. The molecule has 5 nitrogen and oxygen atoms in total. The first-order valence-corrected chi connectivity index (χ1v) is 12.0. The van der Waals surface area contributed by atoms with E-state index in [2.05, 4.69) is 0 Å². The molecule has 7 heteroatoms. The summed E-state index contributed by atoms with van der Waals surface area (Å²) in [6.45, 7) is 3.10. The van der Waals surface area contributed by atoms with Crippen LogP contribution in [0.15, 0.2) is 53.4 Å². The van der Waals surface area contributed by atoms with E-state index in [0.717, 1.165) is 45.9 Å². The highest BCUT2D eigenvalue weighted by Gasteiger charge is 2.27. The smallest absolute Gasteiger partial charge is 0.309 e. The Morgan fingerprint density at radius 3 is 2.39 bits per heavy atom. The molecule has 0 amide bonds. The van der Waals surface area contributed by atoms with E-state index in [1.54, 1.807) is 16.4 Å². The average Bonchev–Trinajstić information content (AvgIpc) is 3.30. The Morgan fingerprint density at radius 2 is 1.74 bits per heavy atom. The molecule has 0 bridgehead atoms. The molecule has 0 spiro atoms. The number of hydrogen-bond donors (Lipinski definition) is 0. The molecule has 0 N–H and O–H groups in total. The third-order valence-electron chi connectivity index (χ3n) is 5.88. The fourth-order valence-electron chi connectivity index (χ4n) is 4.18. The molecule has 0 aromatic heterocycles. The Bertz CT molecular complexity index is 1250. The van der Waals surface area contributed by atoms with Gasteiger partial charge < -0.3 is 4.74 Å². The molecule has 1 fully saturated rings. The van der Waals surface area contributed by atoms with Crippen molar-refractivity contribution in [2.45, 2.75) is 31.1 Å². The van der Waals surface area contributed by atoms with Gasteiger partial charge in [-0.1, -0.05) is 35.9 Å².